The molecule has 2 saturated heterocycles. The van der Waals surface area contributed by atoms with Gasteiger partial charge in [0, 0.05) is 30.1 Å². The van der Waals surface area contributed by atoms with Gasteiger partial charge in [0.1, 0.15) is 0 Å². The van der Waals surface area contributed by atoms with Gasteiger partial charge in [0.15, 0.2) is 15.8 Å². The number of hydrogen-bond acceptors (Lipinski definition) is 4. The summed E-state index contributed by atoms with van der Waals surface area (Å²) in [4.78, 5) is 7.21. The molecule has 156 valence electrons. The van der Waals surface area contributed by atoms with Crippen LogP contribution < -0.4 is 5.32 Å². The van der Waals surface area contributed by atoms with E-state index in [4.69, 9.17) is 4.99 Å². The summed E-state index contributed by atoms with van der Waals surface area (Å²) in [5, 5.41) is 3.51. The number of rotatable bonds is 4. The van der Waals surface area contributed by atoms with Gasteiger partial charge in [-0.05, 0) is 32.1 Å². The lowest BCUT2D eigenvalue weighted by molar-refractivity contribution is 0.292. The van der Waals surface area contributed by atoms with Crippen LogP contribution in [0.4, 0.5) is 0 Å². The Morgan fingerprint density at radius 3 is 2.70 bits per heavy atom. The first kappa shape index (κ1) is 23.3. The Bertz CT molecular complexity index is 640. The van der Waals surface area contributed by atoms with E-state index < -0.39 is 9.84 Å². The van der Waals surface area contributed by atoms with E-state index in [1.165, 1.54) is 32.1 Å². The number of guanidine groups is 1. The van der Waals surface area contributed by atoms with Crippen molar-refractivity contribution in [2.45, 2.75) is 50.2 Å². The first-order valence-electron chi connectivity index (χ1n) is 9.90. The molecular formula is C19H34IN3O2S2. The number of nitrogens with zero attached hydrogens (tertiary/aromatic N) is 2. The molecule has 1 N–H and O–H groups in total. The highest BCUT2D eigenvalue weighted by atomic mass is 127. The zero-order valence-electron chi connectivity index (χ0n) is 16.4. The van der Waals surface area contributed by atoms with Gasteiger partial charge in [-0.1, -0.05) is 31.4 Å². The van der Waals surface area contributed by atoms with Gasteiger partial charge in [-0.25, -0.2) is 13.4 Å². The molecule has 1 unspecified atom stereocenters. The van der Waals surface area contributed by atoms with E-state index in [1.54, 1.807) is 0 Å². The number of halogens is 1. The van der Waals surface area contributed by atoms with Gasteiger partial charge >= 0.3 is 0 Å². The summed E-state index contributed by atoms with van der Waals surface area (Å²) in [6, 6.07) is 0. The van der Waals surface area contributed by atoms with Crippen LogP contribution >= 0.6 is 35.7 Å². The number of sulfone groups is 1. The van der Waals surface area contributed by atoms with Gasteiger partial charge in [0.05, 0.1) is 18.1 Å². The third-order valence-electron chi connectivity index (χ3n) is 5.69. The van der Waals surface area contributed by atoms with Crippen LogP contribution in [0.5, 0.6) is 0 Å². The van der Waals surface area contributed by atoms with E-state index in [0.717, 1.165) is 36.8 Å². The van der Waals surface area contributed by atoms with Crippen molar-refractivity contribution in [2.24, 2.45) is 10.9 Å². The molecule has 0 aromatic rings. The van der Waals surface area contributed by atoms with E-state index in [9.17, 15) is 8.42 Å². The zero-order chi connectivity index (χ0) is 18.6. The molecule has 0 radical (unpaired) electrons. The zero-order valence-corrected chi connectivity index (χ0v) is 20.4. The average Bonchev–Trinajstić information content (AvgIpc) is 2.94. The van der Waals surface area contributed by atoms with E-state index in [1.807, 2.05) is 6.92 Å². The highest BCUT2D eigenvalue weighted by Gasteiger charge is 2.38. The monoisotopic (exact) mass is 527 g/mol. The number of aliphatic imine (C=N–C) groups is 1. The lowest BCUT2D eigenvalue weighted by Crippen LogP contribution is -2.54. The quantitative estimate of drug-likeness (QED) is 0.263. The van der Waals surface area contributed by atoms with Crippen molar-refractivity contribution in [2.75, 3.05) is 43.4 Å². The largest absolute Gasteiger partial charge is 0.356 e. The molecule has 5 nitrogen and oxygen atoms in total. The minimum absolute atomic E-state index is 0. The summed E-state index contributed by atoms with van der Waals surface area (Å²) in [6.07, 6.45) is 7.43. The molecule has 0 aromatic carbocycles. The maximum Gasteiger partial charge on any atom is 0.194 e. The molecule has 1 aliphatic carbocycles. The van der Waals surface area contributed by atoms with Crippen molar-refractivity contribution in [1.29, 1.82) is 0 Å². The molecule has 1 saturated carbocycles. The van der Waals surface area contributed by atoms with Crippen molar-refractivity contribution in [3.05, 3.63) is 12.2 Å². The Morgan fingerprint density at radius 2 is 2.07 bits per heavy atom. The minimum Gasteiger partial charge on any atom is -0.356 e. The predicted molar refractivity (Wildman–Crippen MR) is 127 cm³/mol. The highest BCUT2D eigenvalue weighted by Crippen LogP contribution is 2.42. The molecular weight excluding hydrogens is 493 g/mol. The fourth-order valence-electron chi connectivity index (χ4n) is 4.27. The molecule has 0 bridgehead atoms. The third-order valence-corrected chi connectivity index (χ3v) is 9.06. The number of thioether (sulfide) groups is 1. The van der Waals surface area contributed by atoms with Crippen molar-refractivity contribution in [3.63, 3.8) is 0 Å². The van der Waals surface area contributed by atoms with Crippen molar-refractivity contribution >= 4 is 51.5 Å². The normalized spacial score (nSPS) is 27.2. The van der Waals surface area contributed by atoms with Crippen LogP contribution in [-0.2, 0) is 9.84 Å². The van der Waals surface area contributed by atoms with Crippen molar-refractivity contribution in [1.82, 2.24) is 10.2 Å². The molecule has 0 amide bonds. The standard InChI is InChI=1S/C19H33N3O2S2.HI/c1-16(2)12-20-18(21-13-17-6-11-26(23,24)14-17)22-9-10-25-19(15-22)7-4-3-5-8-19;/h17H,1,3-15H2,2H3,(H,20,21);1H. The Hall–Kier alpha value is 0.0400. The molecule has 2 aliphatic heterocycles. The number of hydrogen-bond donors (Lipinski definition) is 1. The van der Waals surface area contributed by atoms with Crippen molar-refractivity contribution < 1.29 is 8.42 Å². The second-order valence-corrected chi connectivity index (χ2v) is 12.1. The lowest BCUT2D eigenvalue weighted by Gasteiger charge is -2.45. The first-order valence-corrected chi connectivity index (χ1v) is 12.7. The van der Waals surface area contributed by atoms with Crippen molar-refractivity contribution in [3.8, 4) is 0 Å². The number of nitrogens with one attached hydrogen (secondary N) is 1. The molecule has 3 fully saturated rings. The molecule has 3 rings (SSSR count). The van der Waals surface area contributed by atoms with Gasteiger partial charge in [0.25, 0.3) is 0 Å². The molecule has 1 spiro atoms. The Kier molecular flexibility index (Phi) is 8.80. The first-order chi connectivity index (χ1) is 12.4. The van der Waals surface area contributed by atoms with Gasteiger partial charge < -0.3 is 10.2 Å². The fraction of sp³-hybridized carbons (Fsp3) is 0.842. The molecule has 0 aromatic heterocycles. The summed E-state index contributed by atoms with van der Waals surface area (Å²) < 4.78 is 23.8. The van der Waals surface area contributed by atoms with Crippen LogP contribution in [0.2, 0.25) is 0 Å². The maximum atomic E-state index is 11.7. The Labute approximate surface area is 186 Å². The van der Waals surface area contributed by atoms with E-state index in [-0.39, 0.29) is 29.9 Å². The second kappa shape index (κ2) is 10.2. The van der Waals surface area contributed by atoms with E-state index in [0.29, 0.717) is 29.3 Å². The summed E-state index contributed by atoms with van der Waals surface area (Å²) in [7, 11) is -2.83. The molecule has 27 heavy (non-hydrogen) atoms. The van der Waals surface area contributed by atoms with E-state index >= 15 is 0 Å². The topological polar surface area (TPSA) is 61.8 Å². The summed E-state index contributed by atoms with van der Waals surface area (Å²) in [6.45, 7) is 9.37. The van der Waals surface area contributed by atoms with Crippen LogP contribution in [-0.4, -0.2) is 67.5 Å². The Balaban J connectivity index is 0.00000261. The maximum absolute atomic E-state index is 11.7. The van der Waals surface area contributed by atoms with Crippen LogP contribution in [0, 0.1) is 5.92 Å². The second-order valence-electron chi connectivity index (χ2n) is 8.26. The van der Waals surface area contributed by atoms with Gasteiger partial charge in [0.2, 0.25) is 0 Å². The minimum atomic E-state index is -2.83. The van der Waals surface area contributed by atoms with Crippen LogP contribution in [0.3, 0.4) is 0 Å². The predicted octanol–water partition coefficient (Wildman–Crippen LogP) is 3.31. The van der Waals surface area contributed by atoms with Crippen LogP contribution in [0.25, 0.3) is 0 Å². The van der Waals surface area contributed by atoms with Crippen LogP contribution in [0.15, 0.2) is 17.1 Å². The average molecular weight is 528 g/mol. The molecule has 1 atom stereocenters. The smallest absolute Gasteiger partial charge is 0.194 e. The molecule has 8 heteroatoms. The summed E-state index contributed by atoms with van der Waals surface area (Å²) in [5.74, 6) is 2.94. The van der Waals surface area contributed by atoms with Gasteiger partial charge in [-0.3, -0.25) is 0 Å². The lowest BCUT2D eigenvalue weighted by atomic mass is 9.87. The van der Waals surface area contributed by atoms with Gasteiger partial charge in [-0.15, -0.1) is 24.0 Å². The summed E-state index contributed by atoms with van der Waals surface area (Å²) in [5.41, 5.74) is 1.05. The Morgan fingerprint density at radius 1 is 1.33 bits per heavy atom. The fourth-order valence-corrected chi connectivity index (χ4v) is 7.70. The molecule has 3 aliphatic rings. The van der Waals surface area contributed by atoms with Gasteiger partial charge in [-0.2, -0.15) is 11.8 Å². The van der Waals surface area contributed by atoms with Crippen LogP contribution in [0.1, 0.15) is 45.4 Å². The van der Waals surface area contributed by atoms with E-state index in [2.05, 4.69) is 28.6 Å². The highest BCUT2D eigenvalue weighted by molar-refractivity contribution is 14.0. The SMILES string of the molecule is C=C(C)CN=C(NCC1CCS(=O)(=O)C1)N1CCSC2(CCCCC2)C1.I. The summed E-state index contributed by atoms with van der Waals surface area (Å²) >= 11 is 2.15. The molecule has 2 heterocycles. The third kappa shape index (κ3) is 6.80.